The summed E-state index contributed by atoms with van der Waals surface area (Å²) in [6.45, 7) is 8.06. The Labute approximate surface area is 116 Å². The highest BCUT2D eigenvalue weighted by molar-refractivity contribution is 5.72. The minimum absolute atomic E-state index is 0.0646. The first-order chi connectivity index (χ1) is 8.81. The van der Waals surface area contributed by atoms with Crippen LogP contribution in [0.15, 0.2) is 0 Å². The zero-order valence-corrected chi connectivity index (χ0v) is 13.1. The van der Waals surface area contributed by atoms with Crippen LogP contribution >= 0.6 is 0 Å². The average Bonchev–Trinajstić information content (AvgIpc) is 2.35. The fraction of sp³-hybridized carbons (Fsp3) is 0.867. The Balaban J connectivity index is 4.08. The normalized spacial score (nSPS) is 17.2. The third-order valence-electron chi connectivity index (χ3n) is 3.52. The summed E-state index contributed by atoms with van der Waals surface area (Å²) >= 11 is 0. The molecular weight excluding hydrogens is 244 g/mol. The van der Waals surface area contributed by atoms with Gasteiger partial charge < -0.3 is 9.47 Å². The Bertz CT molecular complexity index is 260. The molecule has 0 aromatic heterocycles. The van der Waals surface area contributed by atoms with Gasteiger partial charge in [-0.2, -0.15) is 0 Å². The second kappa shape index (κ2) is 8.94. The van der Waals surface area contributed by atoms with Crippen molar-refractivity contribution in [1.29, 1.82) is 0 Å². The molecule has 0 N–H and O–H groups in total. The molecule has 0 amide bonds. The van der Waals surface area contributed by atoms with Crippen LogP contribution in [0.5, 0.6) is 0 Å². The molecule has 112 valence electrons. The summed E-state index contributed by atoms with van der Waals surface area (Å²) in [6.07, 6.45) is 2.65. The molecule has 4 unspecified atom stereocenters. The highest BCUT2D eigenvalue weighted by Crippen LogP contribution is 2.24. The maximum Gasteiger partial charge on any atom is 0.308 e. The van der Waals surface area contributed by atoms with Gasteiger partial charge in [0.25, 0.3) is 0 Å². The molecule has 0 radical (unpaired) electrons. The van der Waals surface area contributed by atoms with Crippen LogP contribution in [-0.2, 0) is 19.1 Å². The molecule has 0 bridgehead atoms. The molecular formula is C15H28O4. The molecule has 4 atom stereocenters. The van der Waals surface area contributed by atoms with Crippen molar-refractivity contribution in [3.8, 4) is 0 Å². The number of hydrogen-bond acceptors (Lipinski definition) is 4. The van der Waals surface area contributed by atoms with Crippen molar-refractivity contribution in [2.75, 3.05) is 14.2 Å². The van der Waals surface area contributed by atoms with Gasteiger partial charge >= 0.3 is 11.9 Å². The predicted octanol–water partition coefficient (Wildman–Crippen LogP) is 3.05. The largest absolute Gasteiger partial charge is 0.469 e. The smallest absolute Gasteiger partial charge is 0.308 e. The van der Waals surface area contributed by atoms with Crippen LogP contribution in [0.25, 0.3) is 0 Å². The average molecular weight is 272 g/mol. The maximum atomic E-state index is 11.4. The van der Waals surface area contributed by atoms with Gasteiger partial charge in [0.1, 0.15) is 0 Å². The van der Waals surface area contributed by atoms with E-state index in [1.807, 2.05) is 13.8 Å². The Morgan fingerprint density at radius 3 is 1.32 bits per heavy atom. The molecule has 4 nitrogen and oxygen atoms in total. The van der Waals surface area contributed by atoms with E-state index in [1.165, 1.54) is 14.2 Å². The van der Waals surface area contributed by atoms with Gasteiger partial charge in [0, 0.05) is 0 Å². The van der Waals surface area contributed by atoms with Gasteiger partial charge in [0.15, 0.2) is 0 Å². The third kappa shape index (κ3) is 7.19. The Morgan fingerprint density at radius 2 is 1.05 bits per heavy atom. The zero-order chi connectivity index (χ0) is 15.0. The van der Waals surface area contributed by atoms with Gasteiger partial charge in [-0.3, -0.25) is 9.59 Å². The molecule has 0 spiro atoms. The van der Waals surface area contributed by atoms with E-state index in [1.54, 1.807) is 0 Å². The van der Waals surface area contributed by atoms with Gasteiger partial charge in [0.05, 0.1) is 26.1 Å². The Kier molecular flexibility index (Phi) is 8.44. The van der Waals surface area contributed by atoms with Crippen molar-refractivity contribution in [2.24, 2.45) is 23.7 Å². The molecule has 0 aromatic carbocycles. The molecule has 0 aliphatic heterocycles. The maximum absolute atomic E-state index is 11.4. The molecule has 0 heterocycles. The van der Waals surface area contributed by atoms with Crippen LogP contribution in [0.1, 0.15) is 47.0 Å². The van der Waals surface area contributed by atoms with Crippen molar-refractivity contribution in [2.45, 2.75) is 47.0 Å². The SMILES string of the molecule is COC(=O)C(C)CC(C)CC(C)CC(C)C(=O)OC. The molecule has 0 fully saturated rings. The zero-order valence-electron chi connectivity index (χ0n) is 13.1. The molecule has 19 heavy (non-hydrogen) atoms. The van der Waals surface area contributed by atoms with Crippen molar-refractivity contribution in [1.82, 2.24) is 0 Å². The van der Waals surface area contributed by atoms with E-state index >= 15 is 0 Å². The van der Waals surface area contributed by atoms with E-state index in [0.717, 1.165) is 19.3 Å². The van der Waals surface area contributed by atoms with Crippen LogP contribution in [0.3, 0.4) is 0 Å². The third-order valence-corrected chi connectivity index (χ3v) is 3.52. The predicted molar refractivity (Wildman–Crippen MR) is 74.5 cm³/mol. The van der Waals surface area contributed by atoms with Crippen LogP contribution < -0.4 is 0 Å². The summed E-state index contributed by atoms with van der Waals surface area (Å²) in [4.78, 5) is 22.7. The minimum atomic E-state index is -0.151. The molecule has 0 aromatic rings. The van der Waals surface area contributed by atoms with Crippen molar-refractivity contribution >= 4 is 11.9 Å². The molecule has 0 rings (SSSR count). The fourth-order valence-corrected chi connectivity index (χ4v) is 2.68. The van der Waals surface area contributed by atoms with E-state index in [-0.39, 0.29) is 23.8 Å². The second-order valence-corrected chi connectivity index (χ2v) is 5.77. The lowest BCUT2D eigenvalue weighted by Crippen LogP contribution is -2.19. The van der Waals surface area contributed by atoms with E-state index in [4.69, 9.17) is 9.47 Å². The summed E-state index contributed by atoms with van der Waals surface area (Å²) < 4.78 is 9.46. The van der Waals surface area contributed by atoms with Crippen LogP contribution in [0.2, 0.25) is 0 Å². The minimum Gasteiger partial charge on any atom is -0.469 e. The van der Waals surface area contributed by atoms with Gasteiger partial charge in [-0.25, -0.2) is 0 Å². The lowest BCUT2D eigenvalue weighted by Gasteiger charge is -2.21. The Hall–Kier alpha value is -1.06. The fourth-order valence-electron chi connectivity index (χ4n) is 2.68. The number of rotatable bonds is 8. The molecule has 0 saturated carbocycles. The summed E-state index contributed by atoms with van der Waals surface area (Å²) in [5, 5.41) is 0. The van der Waals surface area contributed by atoms with Crippen molar-refractivity contribution < 1.29 is 19.1 Å². The van der Waals surface area contributed by atoms with Gasteiger partial charge in [-0.1, -0.05) is 27.7 Å². The van der Waals surface area contributed by atoms with E-state index in [9.17, 15) is 9.59 Å². The first-order valence-corrected chi connectivity index (χ1v) is 6.97. The molecule has 0 aliphatic carbocycles. The Morgan fingerprint density at radius 1 is 0.737 bits per heavy atom. The summed E-state index contributed by atoms with van der Waals surface area (Å²) in [5.74, 6) is 0.447. The highest BCUT2D eigenvalue weighted by atomic mass is 16.5. The first kappa shape index (κ1) is 17.9. The number of hydrogen-bond donors (Lipinski definition) is 0. The van der Waals surface area contributed by atoms with Crippen molar-refractivity contribution in [3.05, 3.63) is 0 Å². The van der Waals surface area contributed by atoms with Crippen molar-refractivity contribution in [3.63, 3.8) is 0 Å². The standard InChI is InChI=1S/C15H28O4/c1-10(8-12(3)14(16)18-5)7-11(2)9-13(4)15(17)19-6/h10-13H,7-9H2,1-6H3. The van der Waals surface area contributed by atoms with E-state index < -0.39 is 0 Å². The van der Waals surface area contributed by atoms with Gasteiger partial charge in [0.2, 0.25) is 0 Å². The molecule has 0 saturated heterocycles. The highest BCUT2D eigenvalue weighted by Gasteiger charge is 2.21. The quantitative estimate of drug-likeness (QED) is 0.637. The first-order valence-electron chi connectivity index (χ1n) is 6.97. The summed E-state index contributed by atoms with van der Waals surface area (Å²) in [5.41, 5.74) is 0. The topological polar surface area (TPSA) is 52.6 Å². The van der Waals surface area contributed by atoms with Gasteiger partial charge in [-0.15, -0.1) is 0 Å². The summed E-state index contributed by atoms with van der Waals surface area (Å²) in [7, 11) is 2.84. The number of esters is 2. The van der Waals surface area contributed by atoms with Crippen LogP contribution in [-0.4, -0.2) is 26.2 Å². The lowest BCUT2D eigenvalue weighted by molar-refractivity contribution is -0.145. The molecule has 0 aliphatic rings. The van der Waals surface area contributed by atoms with Gasteiger partial charge in [-0.05, 0) is 31.1 Å². The monoisotopic (exact) mass is 272 g/mol. The van der Waals surface area contributed by atoms with Crippen LogP contribution in [0, 0.1) is 23.7 Å². The second-order valence-electron chi connectivity index (χ2n) is 5.77. The van der Waals surface area contributed by atoms with E-state index in [2.05, 4.69) is 13.8 Å². The number of carbonyl (C=O) groups is 2. The number of carbonyl (C=O) groups excluding carboxylic acids is 2. The summed E-state index contributed by atoms with van der Waals surface area (Å²) in [6, 6.07) is 0. The van der Waals surface area contributed by atoms with Crippen LogP contribution in [0.4, 0.5) is 0 Å². The lowest BCUT2D eigenvalue weighted by atomic mass is 9.85. The number of ether oxygens (including phenoxy) is 2. The van der Waals surface area contributed by atoms with E-state index in [0.29, 0.717) is 11.8 Å². The number of methoxy groups -OCH3 is 2. The molecule has 4 heteroatoms.